The minimum Gasteiger partial charge on any atom is -0.550 e. The van der Waals surface area contributed by atoms with Gasteiger partial charge in [0.25, 0.3) is 0 Å². The number of hydrogen-bond acceptors (Lipinski definition) is 6. The molecule has 0 amide bonds. The summed E-state index contributed by atoms with van der Waals surface area (Å²) in [4.78, 5) is 10.6. The molecule has 0 saturated carbocycles. The van der Waals surface area contributed by atoms with Crippen molar-refractivity contribution in [2.24, 2.45) is 0 Å². The average Bonchev–Trinajstić information content (AvgIpc) is 2.70. The molecule has 8 heteroatoms. The van der Waals surface area contributed by atoms with Gasteiger partial charge < -0.3 is 30.0 Å². The number of carbonyl (C=O) groups is 1. The molecule has 0 aromatic heterocycles. The number of halogens is 1. The predicted octanol–water partition coefficient (Wildman–Crippen LogP) is -0.744. The van der Waals surface area contributed by atoms with Crippen molar-refractivity contribution in [3.63, 3.8) is 0 Å². The van der Waals surface area contributed by atoms with Crippen LogP contribution in [0.15, 0.2) is 42.5 Å². The third kappa shape index (κ3) is 8.65. The van der Waals surface area contributed by atoms with Crippen molar-refractivity contribution in [1.82, 2.24) is 0 Å². The summed E-state index contributed by atoms with van der Waals surface area (Å²) in [6.07, 6.45) is 0.201. The number of aliphatic carboxylic acids is 1. The van der Waals surface area contributed by atoms with Gasteiger partial charge in [0.05, 0.1) is 18.8 Å². The van der Waals surface area contributed by atoms with Crippen LogP contribution in [0.2, 0.25) is 0 Å². The minimum absolute atomic E-state index is 0. The number of aliphatic hydroxyl groups excluding tert-OH is 3. The Kier molecular flexibility index (Phi) is 12.1. The minimum atomic E-state index is -1.39. The summed E-state index contributed by atoms with van der Waals surface area (Å²) in [5.41, 5.74) is 3.18. The zero-order valence-corrected chi connectivity index (χ0v) is 20.6. The van der Waals surface area contributed by atoms with Crippen LogP contribution >= 0.6 is 0 Å². The Hall–Kier alpha value is -1.74. The van der Waals surface area contributed by atoms with Crippen LogP contribution in [0.4, 0.5) is 4.39 Å². The Bertz CT molecular complexity index is 898. The number of hydrogen-bond donors (Lipinski definition) is 3. The van der Waals surface area contributed by atoms with Crippen molar-refractivity contribution in [2.75, 3.05) is 13.2 Å². The fourth-order valence-electron chi connectivity index (χ4n) is 3.27. The van der Waals surface area contributed by atoms with Crippen LogP contribution in [0.25, 0.3) is 17.2 Å². The molecule has 0 aliphatic carbocycles. The largest absolute Gasteiger partial charge is 1.00 e. The number of carboxylic acids is 1. The second-order valence-electron chi connectivity index (χ2n) is 7.60. The molecule has 0 fully saturated rings. The van der Waals surface area contributed by atoms with Crippen LogP contribution in [0.1, 0.15) is 43.7 Å². The maximum Gasteiger partial charge on any atom is 1.00 e. The number of carboxylic acid groups (broad SMARTS) is 1. The first-order valence-corrected chi connectivity index (χ1v) is 10.1. The van der Waals surface area contributed by atoms with Crippen LogP contribution in [0.3, 0.4) is 0 Å². The third-order valence-corrected chi connectivity index (χ3v) is 4.72. The average molecular weight is 454 g/mol. The molecule has 0 radical (unpaired) electrons. The molecule has 32 heavy (non-hydrogen) atoms. The SMILES string of the molecule is CC(C)c1cc(OCCO)cc(-c2ccc(F)cc2)c1/C=C/C(O)CC(O)CC(=O)[O-].[Na+]. The van der Waals surface area contributed by atoms with Crippen LogP contribution in [0.5, 0.6) is 5.75 Å². The first-order valence-electron chi connectivity index (χ1n) is 10.1. The van der Waals surface area contributed by atoms with Crippen LogP contribution < -0.4 is 39.4 Å². The van der Waals surface area contributed by atoms with Gasteiger partial charge in [0, 0.05) is 18.8 Å². The van der Waals surface area contributed by atoms with Crippen molar-refractivity contribution < 1.29 is 63.9 Å². The Balaban J connectivity index is 0.00000512. The zero-order valence-electron chi connectivity index (χ0n) is 18.6. The fraction of sp³-hybridized carbons (Fsp3) is 0.375. The number of rotatable bonds is 11. The smallest absolute Gasteiger partial charge is 0.550 e. The topological polar surface area (TPSA) is 110 Å². The Labute approximate surface area is 209 Å². The molecular formula is C24H28FNaO6. The molecule has 2 aromatic rings. The molecule has 2 unspecified atom stereocenters. The van der Waals surface area contributed by atoms with Crippen molar-refractivity contribution in [3.8, 4) is 16.9 Å². The summed E-state index contributed by atoms with van der Waals surface area (Å²) in [5, 5.41) is 39.6. The molecular weight excluding hydrogens is 426 g/mol. The van der Waals surface area contributed by atoms with Gasteiger partial charge in [-0.15, -0.1) is 0 Å². The third-order valence-electron chi connectivity index (χ3n) is 4.72. The second kappa shape index (κ2) is 13.7. The van der Waals surface area contributed by atoms with Gasteiger partial charge in [0.1, 0.15) is 18.2 Å². The number of ether oxygens (including phenoxy) is 1. The van der Waals surface area contributed by atoms with E-state index in [1.54, 1.807) is 24.3 Å². The van der Waals surface area contributed by atoms with Gasteiger partial charge in [-0.25, -0.2) is 4.39 Å². The standard InChI is InChI=1S/C24H29FO6.Na/c1-15(2)22-13-20(31-10-9-26)14-23(16-3-5-17(25)6-4-16)21(22)8-7-18(27)11-19(28)12-24(29)30;/h3-8,13-15,18-19,26-28H,9-12H2,1-2H3,(H,29,30);/q;+1/p-1/b8-7+;. The van der Waals surface area contributed by atoms with Gasteiger partial charge in [0.2, 0.25) is 0 Å². The van der Waals surface area contributed by atoms with E-state index in [9.17, 15) is 24.5 Å². The molecule has 2 rings (SSSR count). The molecule has 0 bridgehead atoms. The molecule has 2 atom stereocenters. The van der Waals surface area contributed by atoms with Crippen LogP contribution in [-0.4, -0.2) is 46.7 Å². The summed E-state index contributed by atoms with van der Waals surface area (Å²) in [6, 6.07) is 9.62. The molecule has 0 aliphatic heterocycles. The van der Waals surface area contributed by atoms with Crippen LogP contribution in [-0.2, 0) is 4.79 Å². The monoisotopic (exact) mass is 454 g/mol. The van der Waals surface area contributed by atoms with Crippen molar-refractivity contribution in [1.29, 1.82) is 0 Å². The van der Waals surface area contributed by atoms with Crippen molar-refractivity contribution in [2.45, 2.75) is 44.8 Å². The molecule has 0 spiro atoms. The Morgan fingerprint density at radius 3 is 2.41 bits per heavy atom. The van der Waals surface area contributed by atoms with E-state index in [0.717, 1.165) is 22.3 Å². The fourth-order valence-corrected chi connectivity index (χ4v) is 3.27. The zero-order chi connectivity index (χ0) is 23.0. The maximum absolute atomic E-state index is 13.5. The quantitative estimate of drug-likeness (QED) is 0.386. The van der Waals surface area contributed by atoms with Gasteiger partial charge in [0.15, 0.2) is 0 Å². The Morgan fingerprint density at radius 2 is 1.84 bits per heavy atom. The van der Waals surface area contributed by atoms with E-state index in [-0.39, 0.29) is 60.9 Å². The molecule has 0 saturated heterocycles. The number of benzene rings is 2. The molecule has 6 nitrogen and oxygen atoms in total. The van der Waals surface area contributed by atoms with Gasteiger partial charge in [-0.3, -0.25) is 0 Å². The predicted molar refractivity (Wildman–Crippen MR) is 114 cm³/mol. The maximum atomic E-state index is 13.5. The van der Waals surface area contributed by atoms with Crippen molar-refractivity contribution in [3.05, 3.63) is 59.4 Å². The van der Waals surface area contributed by atoms with Gasteiger partial charge in [-0.05, 0) is 52.4 Å². The van der Waals surface area contributed by atoms with E-state index in [2.05, 4.69) is 0 Å². The molecule has 3 N–H and O–H groups in total. The number of aliphatic hydroxyl groups is 3. The second-order valence-corrected chi connectivity index (χ2v) is 7.60. The normalized spacial score (nSPS) is 13.1. The number of carbonyl (C=O) groups excluding carboxylic acids is 1. The van der Waals surface area contributed by atoms with Crippen LogP contribution in [0, 0.1) is 5.82 Å². The van der Waals surface area contributed by atoms with E-state index in [1.807, 2.05) is 19.9 Å². The molecule has 0 heterocycles. The summed E-state index contributed by atoms with van der Waals surface area (Å²) < 4.78 is 19.1. The summed E-state index contributed by atoms with van der Waals surface area (Å²) in [6.45, 7) is 3.99. The van der Waals surface area contributed by atoms with Gasteiger partial charge in [-0.2, -0.15) is 0 Å². The van der Waals surface area contributed by atoms with E-state index >= 15 is 0 Å². The first-order chi connectivity index (χ1) is 14.7. The van der Waals surface area contributed by atoms with E-state index < -0.39 is 24.6 Å². The van der Waals surface area contributed by atoms with Gasteiger partial charge >= 0.3 is 29.6 Å². The molecule has 168 valence electrons. The van der Waals surface area contributed by atoms with Gasteiger partial charge in [-0.1, -0.05) is 38.1 Å². The summed E-state index contributed by atoms with van der Waals surface area (Å²) >= 11 is 0. The molecule has 0 aliphatic rings. The van der Waals surface area contributed by atoms with E-state index in [4.69, 9.17) is 9.84 Å². The van der Waals surface area contributed by atoms with Crippen molar-refractivity contribution >= 4 is 12.0 Å². The summed E-state index contributed by atoms with van der Waals surface area (Å²) in [5.74, 6) is -1.12. The van der Waals surface area contributed by atoms with E-state index in [0.29, 0.717) is 5.75 Å². The molecule has 2 aromatic carbocycles. The van der Waals surface area contributed by atoms with E-state index in [1.165, 1.54) is 18.2 Å². The Morgan fingerprint density at radius 1 is 1.19 bits per heavy atom. The summed E-state index contributed by atoms with van der Waals surface area (Å²) in [7, 11) is 0. The first kappa shape index (κ1) is 28.3.